The molecule has 3 heteroatoms. The van der Waals surface area contributed by atoms with Crippen LogP contribution >= 0.6 is 0 Å². The zero-order valence-corrected chi connectivity index (χ0v) is 7.18. The van der Waals surface area contributed by atoms with E-state index in [1.54, 1.807) is 0 Å². The summed E-state index contributed by atoms with van der Waals surface area (Å²) in [7, 11) is 0. The number of nitrogens with two attached hydrogens (primary N) is 1. The summed E-state index contributed by atoms with van der Waals surface area (Å²) in [6.07, 6.45) is 0.579. The standard InChI is InChI=1S/C10H11FN2/c11-10-8(5-6-12)7-3-1-2-4-9(7)13-10/h1-4,13H,5-6,12H2. The highest BCUT2D eigenvalue weighted by Crippen LogP contribution is 2.20. The molecule has 3 N–H and O–H groups in total. The van der Waals surface area contributed by atoms with E-state index in [0.29, 0.717) is 18.5 Å². The number of nitrogens with one attached hydrogen (secondary N) is 1. The minimum Gasteiger partial charge on any atom is -0.331 e. The van der Waals surface area contributed by atoms with Crippen LogP contribution in [0.5, 0.6) is 0 Å². The smallest absolute Gasteiger partial charge is 0.195 e. The van der Waals surface area contributed by atoms with E-state index in [-0.39, 0.29) is 5.95 Å². The Labute approximate surface area is 75.6 Å². The van der Waals surface area contributed by atoms with Crippen LogP contribution in [0.1, 0.15) is 5.56 Å². The molecule has 0 radical (unpaired) electrons. The second-order valence-corrected chi connectivity index (χ2v) is 3.00. The molecule has 1 heterocycles. The largest absolute Gasteiger partial charge is 0.331 e. The molecule has 0 spiro atoms. The second-order valence-electron chi connectivity index (χ2n) is 3.00. The van der Waals surface area contributed by atoms with Gasteiger partial charge in [0.05, 0.1) is 0 Å². The first-order valence-electron chi connectivity index (χ1n) is 4.28. The highest BCUT2D eigenvalue weighted by molar-refractivity contribution is 5.83. The van der Waals surface area contributed by atoms with Crippen LogP contribution in [-0.2, 0) is 6.42 Å². The van der Waals surface area contributed by atoms with Gasteiger partial charge >= 0.3 is 0 Å². The molecule has 0 aliphatic rings. The van der Waals surface area contributed by atoms with Crippen molar-refractivity contribution in [2.24, 2.45) is 5.73 Å². The maximum atomic E-state index is 13.3. The van der Waals surface area contributed by atoms with Crippen molar-refractivity contribution in [2.45, 2.75) is 6.42 Å². The number of rotatable bonds is 2. The number of H-pyrrole nitrogens is 1. The molecule has 0 aliphatic heterocycles. The molecule has 1 aromatic carbocycles. The molecule has 0 atom stereocenters. The number of para-hydroxylation sites is 1. The zero-order valence-electron chi connectivity index (χ0n) is 7.18. The third kappa shape index (κ3) is 1.31. The number of fused-ring (bicyclic) bond motifs is 1. The van der Waals surface area contributed by atoms with E-state index >= 15 is 0 Å². The summed E-state index contributed by atoms with van der Waals surface area (Å²) in [5.74, 6) is -0.258. The van der Waals surface area contributed by atoms with Gasteiger partial charge in [-0.3, -0.25) is 0 Å². The summed E-state index contributed by atoms with van der Waals surface area (Å²) in [6.45, 7) is 0.471. The molecule has 1 aromatic heterocycles. The molecule has 0 amide bonds. The first kappa shape index (κ1) is 8.26. The van der Waals surface area contributed by atoms with Gasteiger partial charge in [0, 0.05) is 16.5 Å². The first-order valence-corrected chi connectivity index (χ1v) is 4.28. The Morgan fingerprint density at radius 1 is 1.31 bits per heavy atom. The lowest BCUT2D eigenvalue weighted by Crippen LogP contribution is -2.03. The predicted octanol–water partition coefficient (Wildman–Crippen LogP) is 1.81. The minimum absolute atomic E-state index is 0.258. The van der Waals surface area contributed by atoms with E-state index in [2.05, 4.69) is 4.98 Å². The van der Waals surface area contributed by atoms with Crippen molar-refractivity contribution in [3.63, 3.8) is 0 Å². The number of hydrogen-bond acceptors (Lipinski definition) is 1. The van der Waals surface area contributed by atoms with Crippen LogP contribution in [0, 0.1) is 5.95 Å². The summed E-state index contributed by atoms with van der Waals surface area (Å²) >= 11 is 0. The number of aromatic amines is 1. The number of aromatic nitrogens is 1. The fraction of sp³-hybridized carbons (Fsp3) is 0.200. The Kier molecular flexibility index (Phi) is 2.02. The van der Waals surface area contributed by atoms with Crippen molar-refractivity contribution in [3.05, 3.63) is 35.8 Å². The topological polar surface area (TPSA) is 41.8 Å². The van der Waals surface area contributed by atoms with Crippen LogP contribution in [0.25, 0.3) is 10.9 Å². The zero-order chi connectivity index (χ0) is 9.26. The monoisotopic (exact) mass is 178 g/mol. The lowest BCUT2D eigenvalue weighted by Gasteiger charge is -1.94. The van der Waals surface area contributed by atoms with Gasteiger partial charge in [-0.15, -0.1) is 0 Å². The lowest BCUT2D eigenvalue weighted by molar-refractivity contribution is 0.579. The van der Waals surface area contributed by atoms with Crippen LogP contribution in [0.3, 0.4) is 0 Å². The fourth-order valence-corrected chi connectivity index (χ4v) is 1.56. The lowest BCUT2D eigenvalue weighted by atomic mass is 10.1. The molecule has 2 aromatic rings. The summed E-state index contributed by atoms with van der Waals surface area (Å²) in [5.41, 5.74) is 6.93. The molecule has 2 rings (SSSR count). The third-order valence-electron chi connectivity index (χ3n) is 2.16. The molecule has 0 fully saturated rings. The van der Waals surface area contributed by atoms with Crippen molar-refractivity contribution < 1.29 is 4.39 Å². The quantitative estimate of drug-likeness (QED) is 0.723. The molecule has 2 nitrogen and oxygen atoms in total. The Bertz CT molecular complexity index is 420. The van der Waals surface area contributed by atoms with E-state index in [1.165, 1.54) is 0 Å². The summed E-state index contributed by atoms with van der Waals surface area (Å²) in [4.78, 5) is 2.69. The van der Waals surface area contributed by atoms with Crippen LogP contribution in [0.4, 0.5) is 4.39 Å². The second kappa shape index (κ2) is 3.18. The fourth-order valence-electron chi connectivity index (χ4n) is 1.56. The SMILES string of the molecule is NCCc1c(F)[nH]c2ccccc12. The average molecular weight is 178 g/mol. The summed E-state index contributed by atoms with van der Waals surface area (Å²) < 4.78 is 13.3. The van der Waals surface area contributed by atoms with Gasteiger partial charge < -0.3 is 10.7 Å². The first-order chi connectivity index (χ1) is 6.33. The number of hydrogen-bond donors (Lipinski definition) is 2. The van der Waals surface area contributed by atoms with Gasteiger partial charge in [-0.1, -0.05) is 18.2 Å². The Balaban J connectivity index is 2.64. The molecular formula is C10H11FN2. The number of halogens is 1. The highest BCUT2D eigenvalue weighted by Gasteiger charge is 2.08. The molecule has 0 bridgehead atoms. The van der Waals surface area contributed by atoms with Crippen molar-refractivity contribution in [3.8, 4) is 0 Å². The Morgan fingerprint density at radius 3 is 2.85 bits per heavy atom. The van der Waals surface area contributed by atoms with Gasteiger partial charge in [0.2, 0.25) is 0 Å². The molecule has 0 saturated heterocycles. The van der Waals surface area contributed by atoms with Gasteiger partial charge in [-0.2, -0.15) is 4.39 Å². The predicted molar refractivity (Wildman–Crippen MR) is 51.0 cm³/mol. The van der Waals surface area contributed by atoms with Crippen molar-refractivity contribution in [2.75, 3.05) is 6.54 Å². The average Bonchev–Trinajstić information content (AvgIpc) is 2.44. The van der Waals surface area contributed by atoms with E-state index in [9.17, 15) is 4.39 Å². The van der Waals surface area contributed by atoms with Crippen molar-refractivity contribution >= 4 is 10.9 Å². The summed E-state index contributed by atoms with van der Waals surface area (Å²) in [6, 6.07) is 7.54. The molecule has 0 aliphatic carbocycles. The van der Waals surface area contributed by atoms with E-state index in [4.69, 9.17) is 5.73 Å². The van der Waals surface area contributed by atoms with Gasteiger partial charge in [-0.05, 0) is 19.0 Å². The van der Waals surface area contributed by atoms with Crippen LogP contribution in [0.2, 0.25) is 0 Å². The Morgan fingerprint density at radius 2 is 2.08 bits per heavy atom. The molecule has 13 heavy (non-hydrogen) atoms. The van der Waals surface area contributed by atoms with Crippen molar-refractivity contribution in [1.82, 2.24) is 4.98 Å². The molecule has 0 saturated carbocycles. The summed E-state index contributed by atoms with van der Waals surface area (Å²) in [5, 5.41) is 0.936. The molecular weight excluding hydrogens is 167 g/mol. The molecule has 0 unspecified atom stereocenters. The minimum atomic E-state index is -0.258. The van der Waals surface area contributed by atoms with Crippen LogP contribution < -0.4 is 5.73 Å². The molecule has 68 valence electrons. The van der Waals surface area contributed by atoms with E-state index in [0.717, 1.165) is 10.9 Å². The van der Waals surface area contributed by atoms with E-state index < -0.39 is 0 Å². The van der Waals surface area contributed by atoms with Gasteiger partial charge in [-0.25, -0.2) is 0 Å². The number of benzene rings is 1. The van der Waals surface area contributed by atoms with Crippen molar-refractivity contribution in [1.29, 1.82) is 0 Å². The van der Waals surface area contributed by atoms with Gasteiger partial charge in [0.1, 0.15) is 0 Å². The maximum Gasteiger partial charge on any atom is 0.195 e. The van der Waals surface area contributed by atoms with Gasteiger partial charge in [0.15, 0.2) is 5.95 Å². The van der Waals surface area contributed by atoms with Gasteiger partial charge in [0.25, 0.3) is 0 Å². The van der Waals surface area contributed by atoms with Crippen LogP contribution in [-0.4, -0.2) is 11.5 Å². The maximum absolute atomic E-state index is 13.3. The Hall–Kier alpha value is -1.35. The normalized spacial score (nSPS) is 10.9. The third-order valence-corrected chi connectivity index (χ3v) is 2.16. The highest BCUT2D eigenvalue weighted by atomic mass is 19.1. The van der Waals surface area contributed by atoms with Crippen LogP contribution in [0.15, 0.2) is 24.3 Å². The van der Waals surface area contributed by atoms with E-state index in [1.807, 2.05) is 24.3 Å².